The van der Waals surface area contributed by atoms with Crippen LogP contribution in [0.5, 0.6) is 0 Å². The van der Waals surface area contributed by atoms with Crippen molar-refractivity contribution in [2.24, 2.45) is 0 Å². The molecule has 0 N–H and O–H groups in total. The molecule has 0 radical (unpaired) electrons. The van der Waals surface area contributed by atoms with Gasteiger partial charge in [-0.05, 0) is 38.8 Å². The van der Waals surface area contributed by atoms with Crippen LogP contribution in [0.15, 0.2) is 12.1 Å². The predicted octanol–water partition coefficient (Wildman–Crippen LogP) is 2.21. The number of carbonyl (C=O) groups is 2. The Labute approximate surface area is 122 Å². The topological polar surface area (TPSA) is 59.5 Å². The van der Waals surface area contributed by atoms with Crippen LogP contribution in [-0.2, 0) is 9.53 Å². The molecular weight excluding hydrogens is 280 g/mol. The highest BCUT2D eigenvalue weighted by Crippen LogP contribution is 2.28. The minimum Gasteiger partial charge on any atom is -0.465 e. The van der Waals surface area contributed by atoms with Crippen molar-refractivity contribution >= 4 is 23.5 Å². The van der Waals surface area contributed by atoms with E-state index in [1.807, 2.05) is 0 Å². The Kier molecular flexibility index (Phi) is 4.60. The second kappa shape index (κ2) is 6.22. The summed E-state index contributed by atoms with van der Waals surface area (Å²) in [6.07, 6.45) is 1.84. The van der Waals surface area contributed by atoms with E-state index in [4.69, 9.17) is 16.3 Å². The van der Waals surface area contributed by atoms with Gasteiger partial charge in [-0.15, -0.1) is 0 Å². The number of amides is 1. The second-order valence-corrected chi connectivity index (χ2v) is 5.18. The Morgan fingerprint density at radius 1 is 1.45 bits per heavy atom. The molecular formula is C14H17ClN2O3. The van der Waals surface area contributed by atoms with Crippen LogP contribution < -0.4 is 0 Å². The normalized spacial score (nSPS) is 13.9. The smallest absolute Gasteiger partial charge is 0.325 e. The summed E-state index contributed by atoms with van der Waals surface area (Å²) in [5.41, 5.74) is 1.13. The van der Waals surface area contributed by atoms with Crippen LogP contribution in [0.25, 0.3) is 0 Å². The summed E-state index contributed by atoms with van der Waals surface area (Å²) in [4.78, 5) is 29.7. The first-order chi connectivity index (χ1) is 9.51. The van der Waals surface area contributed by atoms with E-state index in [0.717, 1.165) is 12.8 Å². The lowest BCUT2D eigenvalue weighted by atomic mass is 10.2. The van der Waals surface area contributed by atoms with Gasteiger partial charge in [0.05, 0.1) is 6.61 Å². The Balaban J connectivity index is 2.16. The number of rotatable bonds is 5. The molecule has 1 aliphatic carbocycles. The van der Waals surface area contributed by atoms with Gasteiger partial charge in [-0.2, -0.15) is 0 Å². The van der Waals surface area contributed by atoms with E-state index >= 15 is 0 Å². The fourth-order valence-corrected chi connectivity index (χ4v) is 2.27. The summed E-state index contributed by atoms with van der Waals surface area (Å²) < 4.78 is 4.91. The SMILES string of the molecule is CCOC(=O)CN(C(=O)c1cc(C)nc(Cl)c1)C1CC1. The van der Waals surface area contributed by atoms with Crippen LogP contribution in [0.2, 0.25) is 5.15 Å². The van der Waals surface area contributed by atoms with Gasteiger partial charge >= 0.3 is 5.97 Å². The molecule has 0 atom stereocenters. The van der Waals surface area contributed by atoms with E-state index in [-0.39, 0.29) is 29.6 Å². The van der Waals surface area contributed by atoms with Crippen molar-refractivity contribution in [3.8, 4) is 0 Å². The highest BCUT2D eigenvalue weighted by molar-refractivity contribution is 6.29. The van der Waals surface area contributed by atoms with E-state index in [2.05, 4.69) is 4.98 Å². The van der Waals surface area contributed by atoms with Crippen LogP contribution in [0.3, 0.4) is 0 Å². The van der Waals surface area contributed by atoms with Gasteiger partial charge in [0, 0.05) is 17.3 Å². The van der Waals surface area contributed by atoms with Gasteiger partial charge in [0.1, 0.15) is 11.7 Å². The number of hydrogen-bond acceptors (Lipinski definition) is 4. The third-order valence-corrected chi connectivity index (χ3v) is 3.22. The molecule has 1 heterocycles. The molecule has 0 bridgehead atoms. The maximum Gasteiger partial charge on any atom is 0.325 e. The van der Waals surface area contributed by atoms with Gasteiger partial charge in [0.15, 0.2) is 0 Å². The molecule has 0 unspecified atom stereocenters. The van der Waals surface area contributed by atoms with Crippen molar-refractivity contribution in [3.05, 3.63) is 28.5 Å². The number of ether oxygens (including phenoxy) is 1. The Morgan fingerprint density at radius 3 is 2.70 bits per heavy atom. The molecule has 1 saturated carbocycles. The molecule has 0 aromatic carbocycles. The summed E-state index contributed by atoms with van der Waals surface area (Å²) >= 11 is 5.88. The zero-order valence-electron chi connectivity index (χ0n) is 11.6. The zero-order chi connectivity index (χ0) is 14.7. The molecule has 1 amide bonds. The molecule has 6 heteroatoms. The van der Waals surface area contributed by atoms with Gasteiger partial charge in [-0.1, -0.05) is 11.6 Å². The number of pyridine rings is 1. The first-order valence-electron chi connectivity index (χ1n) is 6.62. The van der Waals surface area contributed by atoms with Crippen LogP contribution in [0, 0.1) is 6.92 Å². The number of aryl methyl sites for hydroxylation is 1. The van der Waals surface area contributed by atoms with E-state index in [0.29, 0.717) is 17.9 Å². The summed E-state index contributed by atoms with van der Waals surface area (Å²) in [6, 6.07) is 3.32. The summed E-state index contributed by atoms with van der Waals surface area (Å²) in [5, 5.41) is 0.278. The molecule has 108 valence electrons. The monoisotopic (exact) mass is 296 g/mol. The number of aromatic nitrogens is 1. The third-order valence-electron chi connectivity index (χ3n) is 3.02. The van der Waals surface area contributed by atoms with Crippen LogP contribution in [0.4, 0.5) is 0 Å². The molecule has 1 aliphatic rings. The molecule has 0 spiro atoms. The van der Waals surface area contributed by atoms with Crippen molar-refractivity contribution in [2.75, 3.05) is 13.2 Å². The second-order valence-electron chi connectivity index (χ2n) is 4.79. The fraction of sp³-hybridized carbons (Fsp3) is 0.500. The first-order valence-corrected chi connectivity index (χ1v) is 7.00. The van der Waals surface area contributed by atoms with Gasteiger partial charge in [0.2, 0.25) is 0 Å². The van der Waals surface area contributed by atoms with Crippen molar-refractivity contribution in [2.45, 2.75) is 32.7 Å². The molecule has 5 nitrogen and oxygen atoms in total. The van der Waals surface area contributed by atoms with Gasteiger partial charge in [-0.25, -0.2) is 4.98 Å². The minimum absolute atomic E-state index is 0.0175. The Morgan fingerprint density at radius 2 is 2.15 bits per heavy atom. The zero-order valence-corrected chi connectivity index (χ0v) is 12.3. The van der Waals surface area contributed by atoms with Crippen LogP contribution in [0.1, 0.15) is 35.8 Å². The first kappa shape index (κ1) is 14.8. The summed E-state index contributed by atoms with van der Waals surface area (Å²) in [7, 11) is 0. The molecule has 1 fully saturated rings. The lowest BCUT2D eigenvalue weighted by Gasteiger charge is -2.21. The Hall–Kier alpha value is -1.62. The molecule has 1 aromatic heterocycles. The lowest BCUT2D eigenvalue weighted by molar-refractivity contribution is -0.144. The molecule has 1 aromatic rings. The lowest BCUT2D eigenvalue weighted by Crippen LogP contribution is -2.38. The summed E-state index contributed by atoms with van der Waals surface area (Å²) in [6.45, 7) is 3.81. The average molecular weight is 297 g/mol. The van der Waals surface area contributed by atoms with Crippen molar-refractivity contribution in [3.63, 3.8) is 0 Å². The van der Waals surface area contributed by atoms with E-state index in [9.17, 15) is 9.59 Å². The van der Waals surface area contributed by atoms with Crippen molar-refractivity contribution in [1.82, 2.24) is 9.88 Å². The number of halogens is 1. The maximum atomic E-state index is 12.5. The highest BCUT2D eigenvalue weighted by atomic mass is 35.5. The van der Waals surface area contributed by atoms with Gasteiger partial charge in [0.25, 0.3) is 5.91 Å². The van der Waals surface area contributed by atoms with Crippen molar-refractivity contribution < 1.29 is 14.3 Å². The average Bonchev–Trinajstić information content (AvgIpc) is 3.18. The van der Waals surface area contributed by atoms with E-state index in [1.165, 1.54) is 6.07 Å². The molecule has 2 rings (SSSR count). The maximum absolute atomic E-state index is 12.5. The van der Waals surface area contributed by atoms with E-state index < -0.39 is 0 Å². The standard InChI is InChI=1S/C14H17ClN2O3/c1-3-20-13(18)8-17(11-4-5-11)14(19)10-6-9(2)16-12(15)7-10/h6-7,11H,3-5,8H2,1-2H3. The number of esters is 1. The van der Waals surface area contributed by atoms with E-state index in [1.54, 1.807) is 24.8 Å². The quantitative estimate of drug-likeness (QED) is 0.617. The highest BCUT2D eigenvalue weighted by Gasteiger charge is 2.34. The number of nitrogens with zero attached hydrogens (tertiary/aromatic N) is 2. The van der Waals surface area contributed by atoms with Crippen LogP contribution >= 0.6 is 11.6 Å². The number of hydrogen-bond donors (Lipinski definition) is 0. The fourth-order valence-electron chi connectivity index (χ4n) is 2.02. The molecule has 0 aliphatic heterocycles. The van der Waals surface area contributed by atoms with Crippen LogP contribution in [-0.4, -0.2) is 41.0 Å². The largest absolute Gasteiger partial charge is 0.465 e. The Bertz CT molecular complexity index is 509. The molecule has 20 heavy (non-hydrogen) atoms. The van der Waals surface area contributed by atoms with Gasteiger partial charge < -0.3 is 9.64 Å². The van der Waals surface area contributed by atoms with Crippen molar-refractivity contribution in [1.29, 1.82) is 0 Å². The predicted molar refractivity (Wildman–Crippen MR) is 74.7 cm³/mol. The minimum atomic E-state index is -0.385. The molecule has 0 saturated heterocycles. The number of carbonyl (C=O) groups excluding carboxylic acids is 2. The van der Waals surface area contributed by atoms with Gasteiger partial charge in [-0.3, -0.25) is 9.59 Å². The summed E-state index contributed by atoms with van der Waals surface area (Å²) in [5.74, 6) is -0.586. The third kappa shape index (κ3) is 3.70.